The number of halogens is 1. The maximum Gasteiger partial charge on any atom is 0.338 e. The third kappa shape index (κ3) is 1.99. The van der Waals surface area contributed by atoms with E-state index in [2.05, 4.69) is 4.98 Å². The molecule has 0 aliphatic rings. The van der Waals surface area contributed by atoms with Crippen LogP contribution in [0.15, 0.2) is 18.2 Å². The van der Waals surface area contributed by atoms with Crippen molar-refractivity contribution in [3.8, 4) is 5.88 Å². The van der Waals surface area contributed by atoms with Gasteiger partial charge >= 0.3 is 5.97 Å². The largest absolute Gasteiger partial charge is 0.481 e. The fraction of sp³-hybridized carbons (Fsp3) is 0.231. The number of hydrogen-bond donors (Lipinski definition) is 1. The number of hydrogen-bond acceptors (Lipinski definition) is 3. The van der Waals surface area contributed by atoms with Crippen molar-refractivity contribution in [3.05, 3.63) is 35.1 Å². The van der Waals surface area contributed by atoms with Crippen LogP contribution in [-0.4, -0.2) is 23.2 Å². The number of fused-ring (bicyclic) bond motifs is 1. The van der Waals surface area contributed by atoms with Gasteiger partial charge in [-0.25, -0.2) is 14.2 Å². The maximum atomic E-state index is 13.5. The fourth-order valence-electron chi connectivity index (χ4n) is 1.81. The lowest BCUT2D eigenvalue weighted by molar-refractivity contribution is 0.0692. The summed E-state index contributed by atoms with van der Waals surface area (Å²) in [7, 11) is 1.49. The van der Waals surface area contributed by atoms with Gasteiger partial charge in [-0.2, -0.15) is 0 Å². The molecule has 1 aromatic heterocycles. The lowest BCUT2D eigenvalue weighted by Crippen LogP contribution is -2.02. The summed E-state index contributed by atoms with van der Waals surface area (Å²) in [6, 6.07) is 4.16. The first-order chi connectivity index (χ1) is 8.56. The van der Waals surface area contributed by atoms with Crippen LogP contribution in [0, 0.1) is 5.82 Å². The molecule has 1 aromatic carbocycles. The number of rotatable bonds is 3. The Kier molecular flexibility index (Phi) is 3.14. The highest BCUT2D eigenvalue weighted by Gasteiger charge is 2.14. The molecule has 2 aromatic rings. The first-order valence-electron chi connectivity index (χ1n) is 5.47. The number of ether oxygens (including phenoxy) is 1. The van der Waals surface area contributed by atoms with Crippen LogP contribution in [0.4, 0.5) is 4.39 Å². The molecule has 18 heavy (non-hydrogen) atoms. The zero-order valence-corrected chi connectivity index (χ0v) is 10.0. The van der Waals surface area contributed by atoms with Gasteiger partial charge in [-0.3, -0.25) is 0 Å². The summed E-state index contributed by atoms with van der Waals surface area (Å²) in [5.41, 5.74) is 0.872. The van der Waals surface area contributed by atoms with Crippen molar-refractivity contribution in [2.75, 3.05) is 7.11 Å². The van der Waals surface area contributed by atoms with Gasteiger partial charge in [-0.15, -0.1) is 0 Å². The second kappa shape index (κ2) is 4.60. The van der Waals surface area contributed by atoms with Crippen molar-refractivity contribution in [3.63, 3.8) is 0 Å². The Morgan fingerprint density at radius 2 is 2.17 bits per heavy atom. The molecule has 0 saturated heterocycles. The fourth-order valence-corrected chi connectivity index (χ4v) is 1.81. The van der Waals surface area contributed by atoms with E-state index >= 15 is 0 Å². The van der Waals surface area contributed by atoms with Gasteiger partial charge in [0.25, 0.3) is 0 Å². The molecule has 1 heterocycles. The number of carboxylic acids is 1. The van der Waals surface area contributed by atoms with Crippen LogP contribution in [0.3, 0.4) is 0 Å². The Morgan fingerprint density at radius 1 is 1.44 bits per heavy atom. The van der Waals surface area contributed by atoms with Crippen molar-refractivity contribution >= 4 is 16.9 Å². The third-order valence-electron chi connectivity index (χ3n) is 2.75. The van der Waals surface area contributed by atoms with E-state index in [1.807, 2.05) is 6.92 Å². The van der Waals surface area contributed by atoms with E-state index in [0.717, 1.165) is 5.56 Å². The molecule has 4 nitrogen and oxygen atoms in total. The Balaban J connectivity index is 2.73. The van der Waals surface area contributed by atoms with Crippen LogP contribution in [-0.2, 0) is 6.42 Å². The highest BCUT2D eigenvalue weighted by molar-refractivity contribution is 5.93. The molecular weight excluding hydrogens is 237 g/mol. The molecule has 0 atom stereocenters. The van der Waals surface area contributed by atoms with Gasteiger partial charge < -0.3 is 9.84 Å². The maximum absolute atomic E-state index is 13.5. The highest BCUT2D eigenvalue weighted by Crippen LogP contribution is 2.25. The van der Waals surface area contributed by atoms with E-state index in [0.29, 0.717) is 23.2 Å². The molecular formula is C13H12FNO3. The third-order valence-corrected chi connectivity index (χ3v) is 2.75. The average molecular weight is 249 g/mol. The predicted octanol–water partition coefficient (Wildman–Crippen LogP) is 2.64. The standard InChI is InChI=1S/C13H12FNO3/c1-3-7-4-8-5-10(14)9(13(16)17)6-11(8)15-12(7)18-2/h4-6H,3H2,1-2H3,(H,16,17). The number of pyridine rings is 1. The number of aryl methyl sites for hydroxylation is 1. The topological polar surface area (TPSA) is 59.4 Å². The molecule has 0 fully saturated rings. The van der Waals surface area contributed by atoms with E-state index in [1.54, 1.807) is 6.07 Å². The Bertz CT molecular complexity index is 625. The summed E-state index contributed by atoms with van der Waals surface area (Å²) < 4.78 is 18.7. The quantitative estimate of drug-likeness (QED) is 0.908. The number of carboxylic acid groups (broad SMARTS) is 1. The molecule has 0 saturated carbocycles. The average Bonchev–Trinajstić information content (AvgIpc) is 2.36. The van der Waals surface area contributed by atoms with E-state index in [4.69, 9.17) is 9.84 Å². The van der Waals surface area contributed by atoms with E-state index in [-0.39, 0.29) is 5.56 Å². The summed E-state index contributed by atoms with van der Waals surface area (Å²) in [5.74, 6) is -1.63. The number of nitrogens with zero attached hydrogens (tertiary/aromatic N) is 1. The van der Waals surface area contributed by atoms with Crippen LogP contribution in [0.25, 0.3) is 10.9 Å². The van der Waals surface area contributed by atoms with Crippen LogP contribution in [0.5, 0.6) is 5.88 Å². The first-order valence-corrected chi connectivity index (χ1v) is 5.47. The molecule has 0 radical (unpaired) electrons. The van der Waals surface area contributed by atoms with E-state index in [1.165, 1.54) is 19.2 Å². The summed E-state index contributed by atoms with van der Waals surface area (Å²) in [4.78, 5) is 15.0. The summed E-state index contributed by atoms with van der Waals surface area (Å²) >= 11 is 0. The zero-order valence-electron chi connectivity index (χ0n) is 10.0. The van der Waals surface area contributed by atoms with Crippen molar-refractivity contribution < 1.29 is 19.0 Å². The normalized spacial score (nSPS) is 10.6. The first kappa shape index (κ1) is 12.3. The van der Waals surface area contributed by atoms with Crippen LogP contribution < -0.4 is 4.74 Å². The van der Waals surface area contributed by atoms with Gasteiger partial charge in [-0.05, 0) is 24.6 Å². The Labute approximate surface area is 103 Å². The molecule has 0 amide bonds. The molecule has 1 N–H and O–H groups in total. The molecule has 2 rings (SSSR count). The smallest absolute Gasteiger partial charge is 0.338 e. The minimum Gasteiger partial charge on any atom is -0.481 e. The number of aromatic nitrogens is 1. The summed E-state index contributed by atoms with van der Waals surface area (Å²) in [5, 5.41) is 9.42. The summed E-state index contributed by atoms with van der Waals surface area (Å²) in [6.45, 7) is 1.94. The minimum atomic E-state index is -1.31. The summed E-state index contributed by atoms with van der Waals surface area (Å²) in [6.07, 6.45) is 0.703. The molecule has 0 spiro atoms. The number of methoxy groups -OCH3 is 1. The van der Waals surface area contributed by atoms with Gasteiger partial charge in [0.15, 0.2) is 0 Å². The number of carbonyl (C=O) groups is 1. The second-order valence-electron chi connectivity index (χ2n) is 3.84. The Morgan fingerprint density at radius 3 is 2.72 bits per heavy atom. The van der Waals surface area contributed by atoms with E-state index in [9.17, 15) is 9.18 Å². The van der Waals surface area contributed by atoms with Crippen molar-refractivity contribution in [1.29, 1.82) is 0 Å². The van der Waals surface area contributed by atoms with Crippen LogP contribution in [0.1, 0.15) is 22.8 Å². The van der Waals surface area contributed by atoms with Crippen molar-refractivity contribution in [2.24, 2.45) is 0 Å². The highest BCUT2D eigenvalue weighted by atomic mass is 19.1. The Hall–Kier alpha value is -2.17. The van der Waals surface area contributed by atoms with Gasteiger partial charge in [0.2, 0.25) is 5.88 Å². The number of benzene rings is 1. The van der Waals surface area contributed by atoms with E-state index < -0.39 is 11.8 Å². The van der Waals surface area contributed by atoms with Gasteiger partial charge in [0.05, 0.1) is 18.2 Å². The zero-order chi connectivity index (χ0) is 13.3. The van der Waals surface area contributed by atoms with Gasteiger partial charge in [0, 0.05) is 10.9 Å². The lowest BCUT2D eigenvalue weighted by Gasteiger charge is -2.08. The van der Waals surface area contributed by atoms with Gasteiger partial charge in [-0.1, -0.05) is 6.92 Å². The SMILES string of the molecule is CCc1cc2cc(F)c(C(=O)O)cc2nc1OC. The molecule has 0 bridgehead atoms. The molecule has 0 unspecified atom stereocenters. The van der Waals surface area contributed by atoms with Gasteiger partial charge in [0.1, 0.15) is 5.82 Å². The van der Waals surface area contributed by atoms with Crippen molar-refractivity contribution in [1.82, 2.24) is 4.98 Å². The monoisotopic (exact) mass is 249 g/mol. The minimum absolute atomic E-state index is 0.388. The van der Waals surface area contributed by atoms with Crippen LogP contribution >= 0.6 is 0 Å². The lowest BCUT2D eigenvalue weighted by atomic mass is 10.1. The predicted molar refractivity (Wildman–Crippen MR) is 64.6 cm³/mol. The number of aromatic carboxylic acids is 1. The second-order valence-corrected chi connectivity index (χ2v) is 3.84. The molecule has 5 heteroatoms. The molecule has 94 valence electrons. The molecule has 0 aliphatic carbocycles. The van der Waals surface area contributed by atoms with Crippen molar-refractivity contribution in [2.45, 2.75) is 13.3 Å². The van der Waals surface area contributed by atoms with Crippen LogP contribution in [0.2, 0.25) is 0 Å². The molecule has 0 aliphatic heterocycles.